The summed E-state index contributed by atoms with van der Waals surface area (Å²) in [6, 6.07) is 23.7. The fraction of sp³-hybridized carbons (Fsp3) is 0.176. The maximum Gasteiger partial charge on any atom is 0.339 e. The molecule has 0 saturated heterocycles. The van der Waals surface area contributed by atoms with E-state index in [1.165, 1.54) is 22.5 Å². The molecule has 244 valence electrons. The molecule has 0 amide bonds. The van der Waals surface area contributed by atoms with Crippen molar-refractivity contribution >= 4 is 83.7 Å². The van der Waals surface area contributed by atoms with Crippen LogP contribution in [0.25, 0.3) is 44.3 Å². The predicted molar refractivity (Wildman–Crippen MR) is 201 cm³/mol. The van der Waals surface area contributed by atoms with Crippen molar-refractivity contribution in [2.75, 3.05) is 38.0 Å². The van der Waals surface area contributed by atoms with Crippen LogP contribution < -0.4 is 15.4 Å². The number of benzene rings is 2. The lowest BCUT2D eigenvalue weighted by Gasteiger charge is -2.16. The van der Waals surface area contributed by atoms with Crippen LogP contribution in [0.15, 0.2) is 90.0 Å². The zero-order valence-corrected chi connectivity index (χ0v) is 30.5. The summed E-state index contributed by atoms with van der Waals surface area (Å²) < 4.78 is 9.51. The number of fused-ring (bicyclic) bond motifs is 2. The Morgan fingerprint density at radius 3 is 1.72 bits per heavy atom. The van der Waals surface area contributed by atoms with Gasteiger partial charge < -0.3 is 14.8 Å². The number of anilines is 2. The fourth-order valence-corrected chi connectivity index (χ4v) is 5.32. The zero-order valence-electron chi connectivity index (χ0n) is 26.6. The maximum absolute atomic E-state index is 12.1. The second-order valence-corrected chi connectivity index (χ2v) is 18.0. The van der Waals surface area contributed by atoms with Crippen molar-refractivity contribution in [2.24, 2.45) is 0 Å². The van der Waals surface area contributed by atoms with E-state index < -0.39 is 5.20 Å². The van der Waals surface area contributed by atoms with Gasteiger partial charge in [-0.3, -0.25) is 19.3 Å². The molecule has 0 aliphatic rings. The lowest BCUT2D eigenvalue weighted by atomic mass is 10.1. The Bertz CT molecular complexity index is 2140. The third-order valence-electron chi connectivity index (χ3n) is 7.13. The van der Waals surface area contributed by atoms with Crippen LogP contribution >= 0.6 is 50.5 Å². The number of pyridine rings is 4. The van der Waals surface area contributed by atoms with Gasteiger partial charge in [-0.25, -0.2) is 4.98 Å². The first kappa shape index (κ1) is 36.2. The van der Waals surface area contributed by atoms with Crippen molar-refractivity contribution in [1.82, 2.24) is 19.9 Å². The smallest absolute Gasteiger partial charge is 0.339 e. The summed E-state index contributed by atoms with van der Waals surface area (Å²) in [6.07, 6.45) is 3.47. The van der Waals surface area contributed by atoms with Gasteiger partial charge >= 0.3 is 5.20 Å². The van der Waals surface area contributed by atoms with E-state index in [0.29, 0.717) is 16.1 Å². The van der Waals surface area contributed by atoms with E-state index in [9.17, 15) is 9.36 Å². The minimum Gasteiger partial charge on any atom is -0.377 e. The summed E-state index contributed by atoms with van der Waals surface area (Å²) in [7, 11) is 8.11. The molecule has 0 fully saturated rings. The molecule has 47 heavy (non-hydrogen) atoms. The second-order valence-electron chi connectivity index (χ2n) is 11.0. The molecule has 0 spiro atoms. The van der Waals surface area contributed by atoms with Crippen LogP contribution in [0.2, 0.25) is 5.15 Å². The van der Waals surface area contributed by atoms with E-state index in [1.54, 1.807) is 24.5 Å². The fourth-order valence-electron chi connectivity index (χ4n) is 5.07. The van der Waals surface area contributed by atoms with Crippen LogP contribution in [0.1, 0.15) is 11.1 Å². The Labute approximate surface area is 293 Å². The molecule has 0 bridgehead atoms. The van der Waals surface area contributed by atoms with Crippen molar-refractivity contribution in [3.63, 3.8) is 0 Å². The summed E-state index contributed by atoms with van der Waals surface area (Å²) >= 11 is 20.1. The minimum atomic E-state index is -3.22. The first-order chi connectivity index (χ1) is 22.1. The van der Waals surface area contributed by atoms with E-state index in [0.717, 1.165) is 33.4 Å². The zero-order chi connectivity index (χ0) is 34.5. The van der Waals surface area contributed by atoms with Crippen molar-refractivity contribution in [1.29, 1.82) is 0 Å². The second kappa shape index (κ2) is 15.5. The summed E-state index contributed by atoms with van der Waals surface area (Å²) in [5, 5.41) is -1.24. The van der Waals surface area contributed by atoms with Gasteiger partial charge in [0.25, 0.3) is 5.56 Å². The van der Waals surface area contributed by atoms with Crippen LogP contribution in [0.5, 0.6) is 0 Å². The van der Waals surface area contributed by atoms with Crippen molar-refractivity contribution in [3.8, 4) is 22.5 Å². The molecule has 0 aliphatic heterocycles. The lowest BCUT2D eigenvalue weighted by molar-refractivity contribution is 0.600. The molecule has 0 radical (unpaired) electrons. The van der Waals surface area contributed by atoms with Crippen LogP contribution in [-0.2, 0) is 4.57 Å². The number of rotatable bonds is 4. The molecule has 2 aromatic carbocycles. The predicted octanol–water partition coefficient (Wildman–Crippen LogP) is 10.1. The van der Waals surface area contributed by atoms with Gasteiger partial charge in [-0.05, 0) is 125 Å². The van der Waals surface area contributed by atoms with E-state index in [-0.39, 0.29) is 5.56 Å². The van der Waals surface area contributed by atoms with Crippen LogP contribution in [0.3, 0.4) is 0 Å². The number of hydrogen-bond acceptors (Lipinski definition) is 7. The molecule has 13 heteroatoms. The summed E-state index contributed by atoms with van der Waals surface area (Å²) in [5.41, 5.74) is 9.88. The highest BCUT2D eigenvalue weighted by atomic mass is 36.0. The van der Waals surface area contributed by atoms with Gasteiger partial charge in [-0.15, -0.1) is 0 Å². The Balaban J connectivity index is 0.000000186. The number of aromatic amines is 1. The van der Waals surface area contributed by atoms with Gasteiger partial charge in [0.15, 0.2) is 0 Å². The molecule has 8 nitrogen and oxygen atoms in total. The SMILES string of the molecule is Cc1cc(-c2cc3ncccc3c(=O)[nH]2)ccc1N(C)C.Cc1cc(-c2cc3ncccc3c(Cl)n2)ccc1N(C)C.O=P(Cl)(Cl)Cl. The Morgan fingerprint density at radius 1 is 0.702 bits per heavy atom. The van der Waals surface area contributed by atoms with Gasteiger partial charge in [-0.2, -0.15) is 0 Å². The molecule has 1 N–H and O–H groups in total. The number of halogens is 4. The Hall–Kier alpha value is -3.65. The van der Waals surface area contributed by atoms with Crippen LogP contribution in [0, 0.1) is 13.8 Å². The average molecular weight is 730 g/mol. The largest absolute Gasteiger partial charge is 0.377 e. The first-order valence-corrected chi connectivity index (χ1v) is 19.1. The highest BCUT2D eigenvalue weighted by Gasteiger charge is 2.10. The molecule has 4 aromatic heterocycles. The normalized spacial score (nSPS) is 10.9. The average Bonchev–Trinajstić information content (AvgIpc) is 3.00. The topological polar surface area (TPSA) is 95.1 Å². The number of H-pyrrole nitrogens is 1. The third kappa shape index (κ3) is 9.69. The van der Waals surface area contributed by atoms with Gasteiger partial charge in [0.05, 0.1) is 27.8 Å². The standard InChI is InChI=1S/C17H16ClN3.C17H17N3O.Cl3OP/c1-11-9-12(6-7-16(11)21(2)3)14-10-15-13(17(18)20-14)5-4-8-19-15;1-11-9-12(6-7-16(11)20(2)3)14-10-15-13(17(21)19-14)5-4-8-18-15;1-5(2,3)4/h4-10H,1-3H3;4-10H,1-3H3,(H,19,21);. The van der Waals surface area contributed by atoms with Gasteiger partial charge in [0.1, 0.15) is 5.15 Å². The van der Waals surface area contributed by atoms with Gasteiger partial charge in [-0.1, -0.05) is 23.7 Å². The Morgan fingerprint density at radius 2 is 1.19 bits per heavy atom. The summed E-state index contributed by atoms with van der Waals surface area (Å²) in [5.74, 6) is 0. The van der Waals surface area contributed by atoms with E-state index >= 15 is 0 Å². The Kier molecular flexibility index (Phi) is 11.9. The van der Waals surface area contributed by atoms with Crippen molar-refractivity contribution < 1.29 is 4.57 Å². The van der Waals surface area contributed by atoms with E-state index in [2.05, 4.69) is 108 Å². The van der Waals surface area contributed by atoms with Crippen molar-refractivity contribution in [2.45, 2.75) is 13.8 Å². The molecule has 6 rings (SSSR count). The molecule has 0 saturated carbocycles. The van der Waals surface area contributed by atoms with Crippen LogP contribution in [0.4, 0.5) is 11.4 Å². The molecule has 0 unspecified atom stereocenters. The van der Waals surface area contributed by atoms with E-state index in [4.69, 9.17) is 11.6 Å². The summed E-state index contributed by atoms with van der Waals surface area (Å²) in [6.45, 7) is 4.16. The molecular weight excluding hydrogens is 697 g/mol. The lowest BCUT2D eigenvalue weighted by Crippen LogP contribution is -2.10. The summed E-state index contributed by atoms with van der Waals surface area (Å²) in [4.78, 5) is 32.4. The molecule has 6 aromatic rings. The van der Waals surface area contributed by atoms with Gasteiger partial charge in [0, 0.05) is 62.9 Å². The molecule has 0 atom stereocenters. The highest BCUT2D eigenvalue weighted by molar-refractivity contribution is 8.24. The highest BCUT2D eigenvalue weighted by Crippen LogP contribution is 2.61. The number of aryl methyl sites for hydroxylation is 2. The number of aromatic nitrogens is 4. The number of nitrogens with zero attached hydrogens (tertiary/aromatic N) is 5. The maximum atomic E-state index is 12.1. The monoisotopic (exact) mass is 728 g/mol. The van der Waals surface area contributed by atoms with E-state index in [1.807, 2.05) is 58.5 Å². The first-order valence-electron chi connectivity index (χ1n) is 14.3. The number of nitrogens with one attached hydrogen (secondary N) is 1. The van der Waals surface area contributed by atoms with Crippen molar-refractivity contribution in [3.05, 3.63) is 112 Å². The van der Waals surface area contributed by atoms with Crippen LogP contribution in [-0.4, -0.2) is 48.1 Å². The quantitative estimate of drug-likeness (QED) is 0.143. The third-order valence-corrected chi connectivity index (χ3v) is 7.42. The molecular formula is C34H33Cl4N6O2P. The number of hydrogen-bond donors (Lipinski definition) is 1. The molecule has 0 aliphatic carbocycles. The molecule has 4 heterocycles. The van der Waals surface area contributed by atoms with Gasteiger partial charge in [0.2, 0.25) is 0 Å². The minimum absolute atomic E-state index is 0.107.